The van der Waals surface area contributed by atoms with Gasteiger partial charge in [0, 0.05) is 24.3 Å². The zero-order valence-corrected chi connectivity index (χ0v) is 19.8. The average Bonchev–Trinajstić information content (AvgIpc) is 2.92. The number of benzene rings is 1. The Hall–Kier alpha value is -2.41. The van der Waals surface area contributed by atoms with Crippen molar-refractivity contribution in [3.63, 3.8) is 0 Å². The minimum Gasteiger partial charge on any atom is -0.465 e. The molecule has 7 heteroatoms. The van der Waals surface area contributed by atoms with Gasteiger partial charge in [0.05, 0.1) is 12.1 Å². The summed E-state index contributed by atoms with van der Waals surface area (Å²) in [5.74, 6) is -0.459. The van der Waals surface area contributed by atoms with E-state index in [0.29, 0.717) is 25.7 Å². The van der Waals surface area contributed by atoms with Crippen molar-refractivity contribution < 1.29 is 24.2 Å². The molecule has 1 aliphatic heterocycles. The molecule has 0 radical (unpaired) electrons. The van der Waals surface area contributed by atoms with Crippen molar-refractivity contribution in [3.8, 4) is 0 Å². The second-order valence-electron chi connectivity index (χ2n) is 10.6. The van der Waals surface area contributed by atoms with Gasteiger partial charge in [0.25, 0.3) is 0 Å². The molecule has 3 rings (SSSR count). The van der Waals surface area contributed by atoms with Gasteiger partial charge >= 0.3 is 6.09 Å². The van der Waals surface area contributed by atoms with E-state index in [-0.39, 0.29) is 41.7 Å². The fourth-order valence-electron chi connectivity index (χ4n) is 5.14. The van der Waals surface area contributed by atoms with Crippen LogP contribution in [0.2, 0.25) is 0 Å². The van der Waals surface area contributed by atoms with Crippen LogP contribution in [0.4, 0.5) is 4.79 Å². The summed E-state index contributed by atoms with van der Waals surface area (Å²) in [4.78, 5) is 38.8. The number of nitrogens with zero attached hydrogens (tertiary/aromatic N) is 1. The summed E-state index contributed by atoms with van der Waals surface area (Å²) in [7, 11) is 0. The number of carbonyl (C=O) groups is 3. The number of carbonyl (C=O) groups excluding carboxylic acids is 2. The minimum atomic E-state index is -1.01. The molecule has 32 heavy (non-hydrogen) atoms. The highest BCUT2D eigenvalue weighted by molar-refractivity contribution is 5.88. The number of carboxylic acid groups (broad SMARTS) is 1. The molecule has 0 aromatic heterocycles. The lowest BCUT2D eigenvalue weighted by molar-refractivity contribution is -0.136. The van der Waals surface area contributed by atoms with Crippen molar-refractivity contribution in [2.24, 2.45) is 11.8 Å². The third-order valence-electron chi connectivity index (χ3n) is 6.46. The van der Waals surface area contributed by atoms with E-state index in [1.54, 1.807) is 13.8 Å². The molecule has 1 aromatic carbocycles. The first-order valence-corrected chi connectivity index (χ1v) is 11.4. The lowest BCUT2D eigenvalue weighted by atomic mass is 9.74. The molecule has 2 amide bonds. The fraction of sp³-hybridized carbons (Fsp3) is 0.640. The third kappa shape index (κ3) is 5.68. The number of ether oxygens (including phenoxy) is 1. The molecule has 2 aliphatic rings. The molecular formula is C25H36N2O5. The van der Waals surface area contributed by atoms with E-state index in [9.17, 15) is 19.5 Å². The summed E-state index contributed by atoms with van der Waals surface area (Å²) in [6, 6.07) is 9.42. The van der Waals surface area contributed by atoms with Gasteiger partial charge in [0.2, 0.25) is 5.91 Å². The van der Waals surface area contributed by atoms with Crippen LogP contribution in [-0.4, -0.2) is 51.2 Å². The van der Waals surface area contributed by atoms with Gasteiger partial charge in [-0.05, 0) is 65.4 Å². The monoisotopic (exact) mass is 444 g/mol. The van der Waals surface area contributed by atoms with E-state index < -0.39 is 17.7 Å². The van der Waals surface area contributed by atoms with Crippen molar-refractivity contribution in [2.75, 3.05) is 0 Å². The number of ketones is 1. The normalized spacial score (nSPS) is 27.9. The lowest BCUT2D eigenvalue weighted by Crippen LogP contribution is -2.49. The van der Waals surface area contributed by atoms with Gasteiger partial charge in [0.15, 0.2) is 0 Å². The standard InChI is InChI=1S/C25H36N2O5/c1-24(2,3)26-22(29)19-15-18(28)12-11-17(19)14-21-20(13-16-9-7-6-8-10-16)27(23(30)31)25(4,5)32-21/h6-10,17,19-21H,11-15H2,1-5H3,(H,26,29)(H,30,31). The summed E-state index contributed by atoms with van der Waals surface area (Å²) >= 11 is 0. The van der Waals surface area contributed by atoms with Gasteiger partial charge in [-0.1, -0.05) is 30.3 Å². The maximum absolute atomic E-state index is 13.0. The quantitative estimate of drug-likeness (QED) is 0.716. The van der Waals surface area contributed by atoms with Crippen LogP contribution in [0, 0.1) is 11.8 Å². The Morgan fingerprint density at radius 2 is 1.88 bits per heavy atom. The van der Waals surface area contributed by atoms with Crippen molar-refractivity contribution >= 4 is 17.8 Å². The Morgan fingerprint density at radius 1 is 1.22 bits per heavy atom. The zero-order chi connectivity index (χ0) is 23.7. The average molecular weight is 445 g/mol. The molecule has 0 spiro atoms. The Bertz CT molecular complexity index is 846. The predicted molar refractivity (Wildman–Crippen MR) is 121 cm³/mol. The first kappa shape index (κ1) is 24.2. The molecule has 1 aromatic rings. The smallest absolute Gasteiger partial charge is 0.409 e. The minimum absolute atomic E-state index is 0.0390. The van der Waals surface area contributed by atoms with Gasteiger partial charge in [-0.2, -0.15) is 0 Å². The van der Waals surface area contributed by atoms with Gasteiger partial charge in [0.1, 0.15) is 11.5 Å². The number of Topliss-reactive ketones (excluding diaryl/α,β-unsaturated/α-hetero) is 1. The van der Waals surface area contributed by atoms with Gasteiger partial charge in [-0.3, -0.25) is 14.5 Å². The highest BCUT2D eigenvalue weighted by Gasteiger charge is 2.51. The van der Waals surface area contributed by atoms with Crippen LogP contribution in [0.25, 0.3) is 0 Å². The zero-order valence-electron chi connectivity index (χ0n) is 19.8. The third-order valence-corrected chi connectivity index (χ3v) is 6.46. The molecule has 176 valence electrons. The first-order valence-electron chi connectivity index (χ1n) is 11.4. The highest BCUT2D eigenvalue weighted by Crippen LogP contribution is 2.40. The Labute approximate surface area is 190 Å². The second-order valence-corrected chi connectivity index (χ2v) is 10.6. The van der Waals surface area contributed by atoms with Crippen molar-refractivity contribution in [1.29, 1.82) is 0 Å². The van der Waals surface area contributed by atoms with Gasteiger partial charge in [-0.25, -0.2) is 4.79 Å². The number of nitrogens with one attached hydrogen (secondary N) is 1. The summed E-state index contributed by atoms with van der Waals surface area (Å²) in [6.45, 7) is 9.32. The highest BCUT2D eigenvalue weighted by atomic mass is 16.6. The van der Waals surface area contributed by atoms with Crippen LogP contribution in [0.3, 0.4) is 0 Å². The molecule has 1 saturated heterocycles. The fourth-order valence-corrected chi connectivity index (χ4v) is 5.14. The molecule has 4 unspecified atom stereocenters. The molecule has 0 bridgehead atoms. The second kappa shape index (κ2) is 9.22. The van der Waals surface area contributed by atoms with Crippen LogP contribution in [0.1, 0.15) is 65.9 Å². The summed E-state index contributed by atoms with van der Waals surface area (Å²) in [5, 5.41) is 13.0. The molecule has 2 fully saturated rings. The van der Waals surface area contributed by atoms with Crippen LogP contribution >= 0.6 is 0 Å². The van der Waals surface area contributed by atoms with E-state index in [1.165, 1.54) is 4.90 Å². The van der Waals surface area contributed by atoms with Crippen LogP contribution in [-0.2, 0) is 20.7 Å². The van der Waals surface area contributed by atoms with E-state index in [1.807, 2.05) is 51.1 Å². The van der Waals surface area contributed by atoms with E-state index in [4.69, 9.17) is 4.74 Å². The SMILES string of the molecule is CC(C)(C)NC(=O)C1CC(=O)CCC1CC1OC(C)(C)N(C(=O)O)C1Cc1ccccc1. The van der Waals surface area contributed by atoms with Crippen LogP contribution in [0.5, 0.6) is 0 Å². The molecule has 1 saturated carbocycles. The molecular weight excluding hydrogens is 408 g/mol. The number of rotatable bonds is 5. The predicted octanol–water partition coefficient (Wildman–Crippen LogP) is 4.00. The van der Waals surface area contributed by atoms with Crippen molar-refractivity contribution in [2.45, 2.75) is 90.1 Å². The topological polar surface area (TPSA) is 95.9 Å². The molecule has 2 N–H and O–H groups in total. The van der Waals surface area contributed by atoms with E-state index in [2.05, 4.69) is 5.32 Å². The Kier molecular flexibility index (Phi) is 6.98. The van der Waals surface area contributed by atoms with Crippen molar-refractivity contribution in [3.05, 3.63) is 35.9 Å². The Morgan fingerprint density at radius 3 is 2.47 bits per heavy atom. The Balaban J connectivity index is 1.85. The number of amides is 2. The van der Waals surface area contributed by atoms with Crippen LogP contribution in [0.15, 0.2) is 30.3 Å². The number of hydrogen-bond acceptors (Lipinski definition) is 4. The van der Waals surface area contributed by atoms with Crippen LogP contribution < -0.4 is 5.32 Å². The molecule has 1 aliphatic carbocycles. The van der Waals surface area contributed by atoms with E-state index >= 15 is 0 Å². The van der Waals surface area contributed by atoms with Gasteiger partial charge in [-0.15, -0.1) is 0 Å². The van der Waals surface area contributed by atoms with E-state index in [0.717, 1.165) is 5.56 Å². The molecule has 7 nitrogen and oxygen atoms in total. The summed E-state index contributed by atoms with van der Waals surface area (Å²) in [6.07, 6.45) is 1.00. The lowest BCUT2D eigenvalue weighted by Gasteiger charge is -2.35. The summed E-state index contributed by atoms with van der Waals surface area (Å²) in [5.41, 5.74) is -0.316. The number of hydrogen-bond donors (Lipinski definition) is 2. The van der Waals surface area contributed by atoms with Gasteiger partial charge < -0.3 is 15.2 Å². The maximum atomic E-state index is 13.0. The first-order chi connectivity index (χ1) is 14.9. The van der Waals surface area contributed by atoms with Crippen molar-refractivity contribution in [1.82, 2.24) is 10.2 Å². The summed E-state index contributed by atoms with van der Waals surface area (Å²) < 4.78 is 6.29. The maximum Gasteiger partial charge on any atom is 0.409 e. The molecule has 1 heterocycles. The molecule has 4 atom stereocenters. The largest absolute Gasteiger partial charge is 0.465 e.